The highest BCUT2D eigenvalue weighted by Gasteiger charge is 2.15. The van der Waals surface area contributed by atoms with Crippen molar-refractivity contribution in [2.24, 2.45) is 5.92 Å². The number of nitrogens with zero attached hydrogens (tertiary/aromatic N) is 2. The zero-order valence-corrected chi connectivity index (χ0v) is 11.6. The van der Waals surface area contributed by atoms with E-state index < -0.39 is 0 Å². The van der Waals surface area contributed by atoms with Crippen molar-refractivity contribution in [3.8, 4) is 0 Å². The fraction of sp³-hybridized carbons (Fsp3) is 0.200. The maximum Gasteiger partial charge on any atom is 0.182 e. The minimum atomic E-state index is -0.0869. The Bertz CT molecular complexity index is 600. The lowest BCUT2D eigenvalue weighted by Gasteiger charge is -2.10. The maximum atomic E-state index is 12.3. The smallest absolute Gasteiger partial charge is 0.182 e. The van der Waals surface area contributed by atoms with Crippen LogP contribution in [0.1, 0.15) is 19.4 Å². The van der Waals surface area contributed by atoms with E-state index in [4.69, 9.17) is 11.6 Å². The van der Waals surface area contributed by atoms with E-state index in [0.717, 1.165) is 5.56 Å². The number of rotatable bonds is 4. The van der Waals surface area contributed by atoms with Crippen LogP contribution in [-0.4, -0.2) is 15.3 Å². The number of benzene rings is 1. The van der Waals surface area contributed by atoms with Crippen molar-refractivity contribution in [3.63, 3.8) is 0 Å². The number of halogens is 1. The molecule has 0 bridgehead atoms. The number of hydrogen-bond donors (Lipinski definition) is 0. The monoisotopic (exact) mass is 274 g/mol. The summed E-state index contributed by atoms with van der Waals surface area (Å²) in [6, 6.07) is 7.44. The Balaban J connectivity index is 2.50. The molecular formula is C15H15ClN2O. The van der Waals surface area contributed by atoms with E-state index in [0.29, 0.717) is 10.7 Å². The standard InChI is InChI=1S/C15H15ClN2O/c1-11(2)15(19)14(18-8-7-17-10-18)9-12-5-3-4-6-13(12)16/h3-11H,1-2H3. The van der Waals surface area contributed by atoms with Gasteiger partial charge in [-0.1, -0.05) is 43.6 Å². The van der Waals surface area contributed by atoms with Crippen molar-refractivity contribution in [3.05, 3.63) is 53.6 Å². The molecule has 2 rings (SSSR count). The average molecular weight is 275 g/mol. The van der Waals surface area contributed by atoms with Crippen molar-refractivity contribution in [1.29, 1.82) is 0 Å². The normalized spacial score (nSPS) is 11.9. The van der Waals surface area contributed by atoms with Crippen LogP contribution in [0.25, 0.3) is 11.8 Å². The summed E-state index contributed by atoms with van der Waals surface area (Å²) in [5.74, 6) is -0.0333. The van der Waals surface area contributed by atoms with Crippen molar-refractivity contribution in [2.75, 3.05) is 0 Å². The number of imidazole rings is 1. The summed E-state index contributed by atoms with van der Waals surface area (Å²) in [7, 11) is 0. The minimum Gasteiger partial charge on any atom is -0.303 e. The van der Waals surface area contributed by atoms with Crippen LogP contribution in [0.4, 0.5) is 0 Å². The van der Waals surface area contributed by atoms with Gasteiger partial charge in [-0.25, -0.2) is 4.98 Å². The van der Waals surface area contributed by atoms with Gasteiger partial charge < -0.3 is 4.57 Å². The fourth-order valence-corrected chi connectivity index (χ4v) is 1.90. The highest BCUT2D eigenvalue weighted by Crippen LogP contribution is 2.22. The summed E-state index contributed by atoms with van der Waals surface area (Å²) in [6.45, 7) is 3.75. The Kier molecular flexibility index (Phi) is 4.17. The van der Waals surface area contributed by atoms with Gasteiger partial charge in [-0.2, -0.15) is 0 Å². The van der Waals surface area contributed by atoms with Gasteiger partial charge in [0.1, 0.15) is 0 Å². The molecule has 0 N–H and O–H groups in total. The van der Waals surface area contributed by atoms with Crippen LogP contribution in [0.2, 0.25) is 5.02 Å². The number of ketones is 1. The highest BCUT2D eigenvalue weighted by atomic mass is 35.5. The molecule has 0 saturated heterocycles. The number of carbonyl (C=O) groups is 1. The Morgan fingerprint density at radius 1 is 1.37 bits per heavy atom. The van der Waals surface area contributed by atoms with E-state index in [9.17, 15) is 4.79 Å². The van der Waals surface area contributed by atoms with Gasteiger partial charge in [-0.3, -0.25) is 4.79 Å². The number of allylic oxidation sites excluding steroid dienone is 1. The molecule has 19 heavy (non-hydrogen) atoms. The molecule has 3 nitrogen and oxygen atoms in total. The number of carbonyl (C=O) groups excluding carboxylic acids is 1. The van der Waals surface area contributed by atoms with Gasteiger partial charge in [0, 0.05) is 23.3 Å². The van der Waals surface area contributed by atoms with Gasteiger partial charge in [0.05, 0.1) is 12.0 Å². The third-order valence-corrected chi connectivity index (χ3v) is 3.10. The largest absolute Gasteiger partial charge is 0.303 e. The highest BCUT2D eigenvalue weighted by molar-refractivity contribution is 6.32. The molecule has 0 aliphatic rings. The lowest BCUT2D eigenvalue weighted by atomic mass is 10.0. The lowest BCUT2D eigenvalue weighted by molar-refractivity contribution is -0.116. The molecule has 0 spiro atoms. The fourth-order valence-electron chi connectivity index (χ4n) is 1.71. The number of hydrogen-bond acceptors (Lipinski definition) is 2. The molecule has 0 aliphatic carbocycles. The molecular weight excluding hydrogens is 260 g/mol. The van der Waals surface area contributed by atoms with Gasteiger partial charge in [0.25, 0.3) is 0 Å². The first-order valence-electron chi connectivity index (χ1n) is 6.08. The molecule has 0 unspecified atom stereocenters. The molecule has 0 saturated carbocycles. The SMILES string of the molecule is CC(C)C(=O)C(=Cc1ccccc1Cl)n1ccnc1. The first-order valence-corrected chi connectivity index (χ1v) is 6.46. The van der Waals surface area contributed by atoms with Crippen molar-refractivity contribution >= 4 is 29.2 Å². The predicted octanol–water partition coefficient (Wildman–Crippen LogP) is 3.76. The lowest BCUT2D eigenvalue weighted by Crippen LogP contribution is -2.13. The van der Waals surface area contributed by atoms with Crippen LogP contribution in [-0.2, 0) is 4.79 Å². The van der Waals surface area contributed by atoms with Gasteiger partial charge >= 0.3 is 0 Å². The zero-order chi connectivity index (χ0) is 13.8. The van der Waals surface area contributed by atoms with Crippen LogP contribution in [0.15, 0.2) is 43.0 Å². The number of Topliss-reactive ketones (excluding diaryl/α,β-unsaturated/α-hetero) is 1. The summed E-state index contributed by atoms with van der Waals surface area (Å²) >= 11 is 6.13. The first kappa shape index (κ1) is 13.6. The Hall–Kier alpha value is -1.87. The quantitative estimate of drug-likeness (QED) is 0.796. The maximum absolute atomic E-state index is 12.3. The molecule has 1 heterocycles. The topological polar surface area (TPSA) is 34.9 Å². The first-order chi connectivity index (χ1) is 9.09. The summed E-state index contributed by atoms with van der Waals surface area (Å²) in [4.78, 5) is 16.3. The second-order valence-corrected chi connectivity index (χ2v) is 4.95. The van der Waals surface area contributed by atoms with Crippen LogP contribution in [0, 0.1) is 5.92 Å². The van der Waals surface area contributed by atoms with E-state index in [-0.39, 0.29) is 11.7 Å². The minimum absolute atomic E-state index is 0.0536. The van der Waals surface area contributed by atoms with E-state index in [2.05, 4.69) is 4.98 Å². The second kappa shape index (κ2) is 5.85. The summed E-state index contributed by atoms with van der Waals surface area (Å²) in [5, 5.41) is 0.622. The molecule has 0 amide bonds. The number of aromatic nitrogens is 2. The summed E-state index contributed by atoms with van der Waals surface area (Å²) in [6.07, 6.45) is 6.81. The van der Waals surface area contributed by atoms with Crippen molar-refractivity contribution in [2.45, 2.75) is 13.8 Å². The van der Waals surface area contributed by atoms with Gasteiger partial charge in [0.15, 0.2) is 5.78 Å². The molecule has 0 atom stereocenters. The molecule has 1 aromatic carbocycles. The van der Waals surface area contributed by atoms with Crippen molar-refractivity contribution in [1.82, 2.24) is 9.55 Å². The molecule has 98 valence electrons. The zero-order valence-electron chi connectivity index (χ0n) is 10.9. The third-order valence-electron chi connectivity index (χ3n) is 2.76. The van der Waals surface area contributed by atoms with E-state index in [1.807, 2.05) is 32.0 Å². The van der Waals surface area contributed by atoms with Crippen LogP contribution in [0.3, 0.4) is 0 Å². The molecule has 2 aromatic rings. The Morgan fingerprint density at radius 2 is 2.11 bits per heavy atom. The Labute approximate surface area is 117 Å². The van der Waals surface area contributed by atoms with Gasteiger partial charge in [0.2, 0.25) is 0 Å². The van der Waals surface area contributed by atoms with E-state index in [1.54, 1.807) is 35.4 Å². The van der Waals surface area contributed by atoms with E-state index >= 15 is 0 Å². The van der Waals surface area contributed by atoms with Gasteiger partial charge in [-0.05, 0) is 17.7 Å². The van der Waals surface area contributed by atoms with Gasteiger partial charge in [-0.15, -0.1) is 0 Å². The molecule has 0 radical (unpaired) electrons. The molecule has 0 fully saturated rings. The molecule has 1 aromatic heterocycles. The summed E-state index contributed by atoms with van der Waals surface area (Å²) < 4.78 is 1.71. The van der Waals surface area contributed by atoms with E-state index in [1.165, 1.54) is 0 Å². The van der Waals surface area contributed by atoms with Crippen molar-refractivity contribution < 1.29 is 4.79 Å². The van der Waals surface area contributed by atoms with Crippen LogP contribution < -0.4 is 0 Å². The van der Waals surface area contributed by atoms with Crippen LogP contribution >= 0.6 is 11.6 Å². The van der Waals surface area contributed by atoms with Crippen LogP contribution in [0.5, 0.6) is 0 Å². The molecule has 0 aliphatic heterocycles. The predicted molar refractivity (Wildman–Crippen MR) is 77.7 cm³/mol. The Morgan fingerprint density at radius 3 is 2.68 bits per heavy atom. The summed E-state index contributed by atoms with van der Waals surface area (Å²) in [5.41, 5.74) is 1.39. The third kappa shape index (κ3) is 3.12. The average Bonchev–Trinajstić information content (AvgIpc) is 2.90. The second-order valence-electron chi connectivity index (χ2n) is 4.54. The molecule has 4 heteroatoms.